The Labute approximate surface area is 103 Å². The van der Waals surface area contributed by atoms with E-state index in [1.165, 1.54) is 13.2 Å². The van der Waals surface area contributed by atoms with Crippen LogP contribution in [0.2, 0.25) is 5.02 Å². The van der Waals surface area contributed by atoms with E-state index < -0.39 is 14.8 Å². The maximum Gasteiger partial charge on any atom is 0.236 e. The van der Waals surface area contributed by atoms with E-state index in [0.717, 1.165) is 0 Å². The molecular formula is C9H10Cl2O4S. The van der Waals surface area contributed by atoms with Crippen molar-refractivity contribution in [1.29, 1.82) is 0 Å². The predicted molar refractivity (Wildman–Crippen MR) is 62.9 cm³/mol. The van der Waals surface area contributed by atoms with Gasteiger partial charge in [0.15, 0.2) is 11.5 Å². The Bertz CT molecular complexity index is 511. The molecule has 4 nitrogen and oxygen atoms in total. The highest BCUT2D eigenvalue weighted by Crippen LogP contribution is 2.38. The highest BCUT2D eigenvalue weighted by atomic mass is 35.7. The van der Waals surface area contributed by atoms with Gasteiger partial charge in [-0.1, -0.05) is 11.6 Å². The quantitative estimate of drug-likeness (QED) is 0.866. The average Bonchev–Trinajstić information content (AvgIpc) is 2.17. The summed E-state index contributed by atoms with van der Waals surface area (Å²) < 4.78 is 26.8. The molecule has 0 atom stereocenters. The molecule has 0 aliphatic rings. The van der Waals surface area contributed by atoms with Crippen LogP contribution in [0.5, 0.6) is 11.5 Å². The molecule has 1 aromatic rings. The van der Waals surface area contributed by atoms with Crippen LogP contribution in [0.15, 0.2) is 6.07 Å². The fourth-order valence-electron chi connectivity index (χ4n) is 1.27. The van der Waals surface area contributed by atoms with Crippen molar-refractivity contribution in [2.24, 2.45) is 0 Å². The molecule has 0 saturated heterocycles. The summed E-state index contributed by atoms with van der Waals surface area (Å²) in [5, 5.41) is 10.1. The molecule has 0 aromatic heterocycles. The van der Waals surface area contributed by atoms with Gasteiger partial charge in [0.25, 0.3) is 0 Å². The molecule has 1 aromatic carbocycles. The zero-order valence-corrected chi connectivity index (χ0v) is 10.9. The van der Waals surface area contributed by atoms with Crippen molar-refractivity contribution in [3.8, 4) is 11.5 Å². The number of halogens is 2. The van der Waals surface area contributed by atoms with Gasteiger partial charge in [-0.3, -0.25) is 0 Å². The Morgan fingerprint density at radius 1 is 1.50 bits per heavy atom. The summed E-state index contributed by atoms with van der Waals surface area (Å²) in [7, 11) is 2.72. The summed E-state index contributed by atoms with van der Waals surface area (Å²) in [6.45, 7) is 1.60. The van der Waals surface area contributed by atoms with Crippen molar-refractivity contribution in [3.05, 3.63) is 22.2 Å². The summed E-state index contributed by atoms with van der Waals surface area (Å²) >= 11 is 5.87. The van der Waals surface area contributed by atoms with Crippen LogP contribution in [0.25, 0.3) is 0 Å². The first-order valence-corrected chi connectivity index (χ1v) is 7.09. The largest absolute Gasteiger partial charge is 0.504 e. The molecule has 0 radical (unpaired) electrons. The summed E-state index contributed by atoms with van der Waals surface area (Å²) in [4.78, 5) is 0. The topological polar surface area (TPSA) is 63.6 Å². The van der Waals surface area contributed by atoms with Crippen LogP contribution in [0.3, 0.4) is 0 Å². The lowest BCUT2D eigenvalue weighted by Crippen LogP contribution is -2.00. The van der Waals surface area contributed by atoms with Gasteiger partial charge in [0.05, 0.1) is 12.9 Å². The molecule has 16 heavy (non-hydrogen) atoms. The Morgan fingerprint density at radius 3 is 2.50 bits per heavy atom. The minimum absolute atomic E-state index is 0.117. The number of aromatic hydroxyl groups is 1. The maximum absolute atomic E-state index is 11.0. The van der Waals surface area contributed by atoms with Crippen molar-refractivity contribution < 1.29 is 18.3 Å². The van der Waals surface area contributed by atoms with Gasteiger partial charge in [0, 0.05) is 27.3 Å². The lowest BCUT2D eigenvalue weighted by molar-refractivity contribution is 0.371. The van der Waals surface area contributed by atoms with E-state index in [1.807, 2.05) is 0 Å². The highest BCUT2D eigenvalue weighted by molar-refractivity contribution is 8.13. The summed E-state index contributed by atoms with van der Waals surface area (Å²) in [6, 6.07) is 1.41. The molecule has 7 heteroatoms. The second-order valence-corrected chi connectivity index (χ2v) is 6.38. The monoisotopic (exact) mass is 284 g/mol. The van der Waals surface area contributed by atoms with E-state index >= 15 is 0 Å². The van der Waals surface area contributed by atoms with Gasteiger partial charge in [0.2, 0.25) is 9.05 Å². The number of phenols is 1. The van der Waals surface area contributed by atoms with E-state index in [0.29, 0.717) is 10.6 Å². The smallest absolute Gasteiger partial charge is 0.236 e. The molecule has 0 aliphatic heterocycles. The molecule has 0 bridgehead atoms. The molecule has 0 saturated carbocycles. The standard InChI is InChI=1S/C9H10Cl2O4S/c1-5-6(4-16(11,13)14)9(12)8(15-2)3-7(5)10/h3,12H,4H2,1-2H3. The predicted octanol–water partition coefficient (Wildman–Crippen LogP) is 2.43. The zero-order chi connectivity index (χ0) is 12.5. The second-order valence-electron chi connectivity index (χ2n) is 3.20. The van der Waals surface area contributed by atoms with Gasteiger partial charge < -0.3 is 9.84 Å². The minimum atomic E-state index is -3.77. The number of rotatable bonds is 3. The molecule has 1 N–H and O–H groups in total. The lowest BCUT2D eigenvalue weighted by atomic mass is 10.1. The number of benzene rings is 1. The Hall–Kier alpha value is -0.650. The average molecular weight is 285 g/mol. The molecule has 1 rings (SSSR count). The number of hydrogen-bond acceptors (Lipinski definition) is 4. The fourth-order valence-corrected chi connectivity index (χ4v) is 2.51. The summed E-state index contributed by atoms with van der Waals surface area (Å²) in [6.07, 6.45) is 0. The molecule has 0 amide bonds. The number of methoxy groups -OCH3 is 1. The normalized spacial score (nSPS) is 11.5. The first-order chi connectivity index (χ1) is 7.26. The van der Waals surface area contributed by atoms with Crippen LogP contribution in [0, 0.1) is 6.92 Å². The van der Waals surface area contributed by atoms with Gasteiger partial charge in [0.1, 0.15) is 0 Å². The highest BCUT2D eigenvalue weighted by Gasteiger charge is 2.19. The zero-order valence-electron chi connectivity index (χ0n) is 8.62. The Morgan fingerprint density at radius 2 is 2.06 bits per heavy atom. The van der Waals surface area contributed by atoms with Crippen LogP contribution < -0.4 is 4.74 Å². The van der Waals surface area contributed by atoms with Gasteiger partial charge in [-0.25, -0.2) is 8.42 Å². The number of hydrogen-bond donors (Lipinski definition) is 1. The maximum atomic E-state index is 11.0. The SMILES string of the molecule is COc1cc(Cl)c(C)c(CS(=O)(=O)Cl)c1O. The Balaban J connectivity index is 3.42. The van der Waals surface area contributed by atoms with E-state index in [9.17, 15) is 13.5 Å². The van der Waals surface area contributed by atoms with Crippen molar-refractivity contribution >= 4 is 31.3 Å². The van der Waals surface area contributed by atoms with Crippen molar-refractivity contribution in [2.75, 3.05) is 7.11 Å². The van der Waals surface area contributed by atoms with Crippen LogP contribution in [0.1, 0.15) is 11.1 Å². The minimum Gasteiger partial charge on any atom is -0.504 e. The fraction of sp³-hybridized carbons (Fsp3) is 0.333. The van der Waals surface area contributed by atoms with Crippen LogP contribution in [0.4, 0.5) is 0 Å². The van der Waals surface area contributed by atoms with Crippen molar-refractivity contribution in [1.82, 2.24) is 0 Å². The third kappa shape index (κ3) is 2.93. The molecule has 0 unspecified atom stereocenters. The third-order valence-corrected chi connectivity index (χ3v) is 3.48. The number of ether oxygens (including phenoxy) is 1. The molecule has 0 aliphatic carbocycles. The van der Waals surface area contributed by atoms with Crippen LogP contribution in [-0.4, -0.2) is 20.6 Å². The van der Waals surface area contributed by atoms with Crippen molar-refractivity contribution in [3.63, 3.8) is 0 Å². The molecular weight excluding hydrogens is 275 g/mol. The molecule has 0 heterocycles. The third-order valence-electron chi connectivity index (χ3n) is 2.12. The summed E-state index contributed by atoms with van der Waals surface area (Å²) in [5.74, 6) is -0.636. The van der Waals surface area contributed by atoms with Gasteiger partial charge in [-0.05, 0) is 12.5 Å². The van der Waals surface area contributed by atoms with Crippen molar-refractivity contribution in [2.45, 2.75) is 12.7 Å². The Kier molecular flexibility index (Phi) is 3.93. The first kappa shape index (κ1) is 13.4. The van der Waals surface area contributed by atoms with E-state index in [2.05, 4.69) is 0 Å². The van der Waals surface area contributed by atoms with Gasteiger partial charge in [-0.15, -0.1) is 0 Å². The molecule has 90 valence electrons. The molecule has 0 spiro atoms. The van der Waals surface area contributed by atoms with Gasteiger partial charge in [-0.2, -0.15) is 0 Å². The molecule has 0 fully saturated rings. The van der Waals surface area contributed by atoms with E-state index in [-0.39, 0.29) is 17.1 Å². The lowest BCUT2D eigenvalue weighted by Gasteiger charge is -2.12. The number of phenolic OH excluding ortho intramolecular Hbond substituents is 1. The second kappa shape index (κ2) is 4.69. The van der Waals surface area contributed by atoms with E-state index in [1.54, 1.807) is 6.92 Å². The van der Waals surface area contributed by atoms with E-state index in [4.69, 9.17) is 27.0 Å². The van der Waals surface area contributed by atoms with Crippen LogP contribution >= 0.6 is 22.3 Å². The first-order valence-electron chi connectivity index (χ1n) is 4.23. The van der Waals surface area contributed by atoms with Gasteiger partial charge >= 0.3 is 0 Å². The summed E-state index contributed by atoms with van der Waals surface area (Å²) in [5.41, 5.74) is 0.614. The van der Waals surface area contributed by atoms with Crippen LogP contribution in [-0.2, 0) is 14.8 Å².